The molecule has 0 unspecified atom stereocenters. The highest BCUT2D eigenvalue weighted by Crippen LogP contribution is 2.31. The first kappa shape index (κ1) is 18.6. The molecule has 1 aromatic carbocycles. The number of nitrogens with zero attached hydrogens (tertiary/aromatic N) is 6. The topological polar surface area (TPSA) is 58.0 Å². The first-order valence-electron chi connectivity index (χ1n) is 9.96. The summed E-state index contributed by atoms with van der Waals surface area (Å²) in [4.78, 5) is 22.8. The van der Waals surface area contributed by atoms with Crippen LogP contribution in [0.3, 0.4) is 0 Å². The molecule has 0 bridgehead atoms. The monoisotopic (exact) mass is 400 g/mol. The van der Waals surface area contributed by atoms with Crippen LogP contribution < -0.4 is 4.90 Å². The summed E-state index contributed by atoms with van der Waals surface area (Å²) < 4.78 is 15.0. The predicted octanol–water partition coefficient (Wildman–Crippen LogP) is 3.64. The van der Waals surface area contributed by atoms with Crippen LogP contribution >= 0.6 is 0 Å². The fourth-order valence-electron chi connectivity index (χ4n) is 3.72. The molecule has 1 saturated heterocycles. The second-order valence-electron chi connectivity index (χ2n) is 7.43. The van der Waals surface area contributed by atoms with Crippen LogP contribution in [0.2, 0.25) is 0 Å². The number of pyridine rings is 2. The van der Waals surface area contributed by atoms with Crippen LogP contribution in [-0.2, 0) is 0 Å². The first-order chi connectivity index (χ1) is 14.7. The fraction of sp³-hybridized carbons (Fsp3) is 0.217. The number of fused-ring (bicyclic) bond motifs is 1. The average molecular weight is 400 g/mol. The summed E-state index contributed by atoms with van der Waals surface area (Å²) in [6.07, 6.45) is 3.43. The molecule has 1 aliphatic rings. The molecule has 1 fully saturated rings. The molecule has 0 atom stereocenters. The van der Waals surface area contributed by atoms with Gasteiger partial charge >= 0.3 is 0 Å². The predicted molar refractivity (Wildman–Crippen MR) is 116 cm³/mol. The summed E-state index contributed by atoms with van der Waals surface area (Å²) in [6, 6.07) is 14.6. The number of rotatable bonds is 3. The number of halogens is 1. The molecule has 0 saturated carbocycles. The molecule has 1 aliphatic heterocycles. The second kappa shape index (κ2) is 7.76. The number of piperazine rings is 1. The lowest BCUT2D eigenvalue weighted by Crippen LogP contribution is -2.44. The summed E-state index contributed by atoms with van der Waals surface area (Å²) in [5, 5.41) is 0. The molecule has 4 aromatic rings. The number of anilines is 1. The van der Waals surface area contributed by atoms with E-state index in [1.165, 1.54) is 6.07 Å². The van der Waals surface area contributed by atoms with E-state index in [9.17, 15) is 0 Å². The Kier molecular flexibility index (Phi) is 4.80. The summed E-state index contributed by atoms with van der Waals surface area (Å²) in [5.41, 5.74) is 4.33. The summed E-state index contributed by atoms with van der Waals surface area (Å²) >= 11 is 0. The lowest BCUT2D eigenvalue weighted by atomic mass is 10.1. The molecule has 3 aromatic heterocycles. The maximum absolute atomic E-state index is 15.0. The molecule has 0 radical (unpaired) electrons. The van der Waals surface area contributed by atoms with Gasteiger partial charge in [0, 0.05) is 44.6 Å². The first-order valence-corrected chi connectivity index (χ1v) is 9.96. The molecular formula is C23H21FN6. The number of hydrogen-bond acceptors (Lipinski definition) is 6. The third kappa shape index (κ3) is 3.48. The van der Waals surface area contributed by atoms with Gasteiger partial charge in [-0.05, 0) is 37.4 Å². The van der Waals surface area contributed by atoms with E-state index in [1.54, 1.807) is 18.5 Å². The molecule has 30 heavy (non-hydrogen) atoms. The minimum atomic E-state index is -0.279. The molecule has 150 valence electrons. The van der Waals surface area contributed by atoms with E-state index in [0.29, 0.717) is 39.5 Å². The number of aromatic nitrogens is 4. The van der Waals surface area contributed by atoms with Crippen LogP contribution in [-0.4, -0.2) is 58.1 Å². The van der Waals surface area contributed by atoms with Gasteiger partial charge in [0.15, 0.2) is 0 Å². The van der Waals surface area contributed by atoms with Crippen LogP contribution in [0.5, 0.6) is 0 Å². The van der Waals surface area contributed by atoms with Gasteiger partial charge in [-0.2, -0.15) is 0 Å². The van der Waals surface area contributed by atoms with Crippen molar-refractivity contribution < 1.29 is 4.39 Å². The van der Waals surface area contributed by atoms with Crippen LogP contribution in [0.15, 0.2) is 60.9 Å². The normalized spacial score (nSPS) is 14.9. The molecule has 5 rings (SSSR count). The van der Waals surface area contributed by atoms with Gasteiger partial charge in [0.2, 0.25) is 0 Å². The number of hydrogen-bond donors (Lipinski definition) is 0. The average Bonchev–Trinajstić information content (AvgIpc) is 2.80. The van der Waals surface area contributed by atoms with E-state index >= 15 is 4.39 Å². The number of benzene rings is 1. The highest BCUT2D eigenvalue weighted by molar-refractivity contribution is 5.86. The third-order valence-electron chi connectivity index (χ3n) is 5.39. The molecule has 0 spiro atoms. The molecule has 0 amide bonds. The Morgan fingerprint density at radius 2 is 1.33 bits per heavy atom. The zero-order valence-electron chi connectivity index (χ0n) is 16.7. The lowest BCUT2D eigenvalue weighted by Gasteiger charge is -2.34. The van der Waals surface area contributed by atoms with Crippen LogP contribution in [0.1, 0.15) is 0 Å². The van der Waals surface area contributed by atoms with Crippen molar-refractivity contribution in [2.24, 2.45) is 0 Å². The van der Waals surface area contributed by atoms with Gasteiger partial charge in [-0.3, -0.25) is 9.97 Å². The van der Waals surface area contributed by atoms with Crippen molar-refractivity contribution in [1.29, 1.82) is 0 Å². The second-order valence-corrected chi connectivity index (χ2v) is 7.43. The lowest BCUT2D eigenvalue weighted by molar-refractivity contribution is 0.312. The Hall–Kier alpha value is -3.45. The van der Waals surface area contributed by atoms with Gasteiger partial charge in [0.05, 0.1) is 28.1 Å². The molecular weight excluding hydrogens is 379 g/mol. The quantitative estimate of drug-likeness (QED) is 0.523. The van der Waals surface area contributed by atoms with Crippen molar-refractivity contribution in [3.63, 3.8) is 0 Å². The molecule has 0 aliphatic carbocycles. The smallest absolute Gasteiger partial charge is 0.148 e. The molecule has 6 nitrogen and oxygen atoms in total. The van der Waals surface area contributed by atoms with Crippen molar-refractivity contribution in [3.8, 4) is 22.8 Å². The largest absolute Gasteiger partial charge is 0.367 e. The minimum absolute atomic E-state index is 0.279. The van der Waals surface area contributed by atoms with Gasteiger partial charge < -0.3 is 9.80 Å². The van der Waals surface area contributed by atoms with Crippen LogP contribution in [0.4, 0.5) is 10.1 Å². The SMILES string of the molecule is CN1CCN(c2cc3nc(-c4ccccn4)c(-c4ccccn4)nc3cc2F)CC1. The Labute approximate surface area is 174 Å². The van der Waals surface area contributed by atoms with E-state index in [-0.39, 0.29) is 5.82 Å². The van der Waals surface area contributed by atoms with Crippen molar-refractivity contribution in [2.75, 3.05) is 38.1 Å². The van der Waals surface area contributed by atoms with Gasteiger partial charge in [0.1, 0.15) is 17.2 Å². The van der Waals surface area contributed by atoms with Crippen molar-refractivity contribution in [1.82, 2.24) is 24.8 Å². The standard InChI is InChI=1S/C23H21FN6/c1-29-10-12-30(13-11-29)21-15-20-19(14-16(21)24)27-22(17-6-2-4-8-25-17)23(28-20)18-7-3-5-9-26-18/h2-9,14-15H,10-13H2,1H3. The van der Waals surface area contributed by atoms with Crippen molar-refractivity contribution >= 4 is 16.7 Å². The van der Waals surface area contributed by atoms with E-state index in [4.69, 9.17) is 9.97 Å². The third-order valence-corrected chi connectivity index (χ3v) is 5.39. The Balaban J connectivity index is 1.68. The maximum atomic E-state index is 15.0. The zero-order chi connectivity index (χ0) is 20.5. The summed E-state index contributed by atoms with van der Waals surface area (Å²) in [7, 11) is 2.08. The van der Waals surface area contributed by atoms with Gasteiger partial charge in [-0.1, -0.05) is 12.1 Å². The Morgan fingerprint density at radius 3 is 1.87 bits per heavy atom. The van der Waals surface area contributed by atoms with Gasteiger partial charge in [-0.15, -0.1) is 0 Å². The highest BCUT2D eigenvalue weighted by atomic mass is 19.1. The molecule has 7 heteroatoms. The summed E-state index contributed by atoms with van der Waals surface area (Å²) in [5.74, 6) is -0.279. The Morgan fingerprint density at radius 1 is 0.767 bits per heavy atom. The van der Waals surface area contributed by atoms with Crippen molar-refractivity contribution in [2.45, 2.75) is 0 Å². The zero-order valence-corrected chi connectivity index (χ0v) is 16.7. The van der Waals surface area contributed by atoms with Crippen LogP contribution in [0.25, 0.3) is 33.8 Å². The van der Waals surface area contributed by atoms with Crippen molar-refractivity contribution in [3.05, 3.63) is 66.7 Å². The highest BCUT2D eigenvalue weighted by Gasteiger charge is 2.21. The van der Waals surface area contributed by atoms with E-state index < -0.39 is 0 Å². The van der Waals surface area contributed by atoms with Gasteiger partial charge in [-0.25, -0.2) is 14.4 Å². The maximum Gasteiger partial charge on any atom is 0.148 e. The Bertz CT molecular complexity index is 1170. The van der Waals surface area contributed by atoms with Gasteiger partial charge in [0.25, 0.3) is 0 Å². The van der Waals surface area contributed by atoms with E-state index in [0.717, 1.165) is 26.2 Å². The summed E-state index contributed by atoms with van der Waals surface area (Å²) in [6.45, 7) is 3.37. The fourth-order valence-corrected chi connectivity index (χ4v) is 3.72. The molecule has 0 N–H and O–H groups in total. The minimum Gasteiger partial charge on any atom is -0.367 e. The van der Waals surface area contributed by atoms with Crippen LogP contribution in [0, 0.1) is 5.82 Å². The van der Waals surface area contributed by atoms with E-state index in [1.807, 2.05) is 36.4 Å². The van der Waals surface area contributed by atoms with E-state index in [2.05, 4.69) is 26.8 Å². The number of likely N-dealkylation sites (N-methyl/N-ethyl adjacent to an activating group) is 1. The molecule has 4 heterocycles.